The minimum Gasteiger partial charge on any atom is -0.484 e. The lowest BCUT2D eigenvalue weighted by Gasteiger charge is -2.26. The van der Waals surface area contributed by atoms with E-state index in [0.29, 0.717) is 36.0 Å². The molecule has 1 aliphatic heterocycles. The third kappa shape index (κ3) is 3.80. The summed E-state index contributed by atoms with van der Waals surface area (Å²) in [5.41, 5.74) is 2.46. The van der Waals surface area contributed by atoms with Crippen molar-refractivity contribution in [1.29, 1.82) is 0 Å². The van der Waals surface area contributed by atoms with Gasteiger partial charge in [0.1, 0.15) is 17.3 Å². The van der Waals surface area contributed by atoms with Crippen LogP contribution in [0.4, 0.5) is 4.39 Å². The Morgan fingerprint density at radius 1 is 1.19 bits per heavy atom. The first-order valence-corrected chi connectivity index (χ1v) is 8.87. The minimum absolute atomic E-state index is 0.0559. The number of amides is 1. The van der Waals surface area contributed by atoms with E-state index >= 15 is 0 Å². The molecule has 0 unspecified atom stereocenters. The van der Waals surface area contributed by atoms with Gasteiger partial charge in [-0.15, -0.1) is 0 Å². The molecular weight excluding hydrogens is 371 g/mol. The summed E-state index contributed by atoms with van der Waals surface area (Å²) in [6, 6.07) is 12.9. The van der Waals surface area contributed by atoms with Crippen molar-refractivity contribution < 1.29 is 18.4 Å². The van der Waals surface area contributed by atoms with Crippen molar-refractivity contribution in [1.82, 2.24) is 10.1 Å². The van der Waals surface area contributed by atoms with Crippen molar-refractivity contribution in [2.24, 2.45) is 0 Å². The Morgan fingerprint density at radius 3 is 2.67 bits per heavy atom. The fraction of sp³-hybridized carbons (Fsp3) is 0.200. The third-order valence-corrected chi connectivity index (χ3v) is 4.73. The molecule has 0 bridgehead atoms. The topological polar surface area (TPSA) is 55.6 Å². The predicted molar refractivity (Wildman–Crippen MR) is 98.0 cm³/mol. The summed E-state index contributed by atoms with van der Waals surface area (Å²) in [4.78, 5) is 14.1. The lowest BCUT2D eigenvalue weighted by atomic mass is 10.0. The molecule has 0 N–H and O–H groups in total. The van der Waals surface area contributed by atoms with Gasteiger partial charge in [-0.3, -0.25) is 4.79 Å². The molecule has 138 valence electrons. The van der Waals surface area contributed by atoms with E-state index < -0.39 is 0 Å². The van der Waals surface area contributed by atoms with E-state index in [1.807, 2.05) is 0 Å². The largest absolute Gasteiger partial charge is 0.484 e. The molecule has 1 aromatic heterocycles. The number of aromatic nitrogens is 1. The van der Waals surface area contributed by atoms with Crippen LogP contribution >= 0.6 is 11.6 Å². The highest BCUT2D eigenvalue weighted by molar-refractivity contribution is 6.30. The van der Waals surface area contributed by atoms with Gasteiger partial charge in [0.05, 0.1) is 6.54 Å². The second-order valence-electron chi connectivity index (χ2n) is 6.25. The van der Waals surface area contributed by atoms with E-state index in [0.717, 1.165) is 16.8 Å². The van der Waals surface area contributed by atoms with Crippen LogP contribution in [0.1, 0.15) is 11.3 Å². The highest BCUT2D eigenvalue weighted by Gasteiger charge is 2.27. The highest BCUT2D eigenvalue weighted by atomic mass is 35.5. The fourth-order valence-corrected chi connectivity index (χ4v) is 3.16. The summed E-state index contributed by atoms with van der Waals surface area (Å²) in [6.07, 6.45) is 0.623. The average Bonchev–Trinajstić information content (AvgIpc) is 3.11. The van der Waals surface area contributed by atoms with Crippen molar-refractivity contribution in [2.75, 3.05) is 13.2 Å². The Bertz CT molecular complexity index is 954. The Labute approximate surface area is 160 Å². The molecule has 0 atom stereocenters. The maximum atomic E-state index is 13.1. The van der Waals surface area contributed by atoms with Gasteiger partial charge in [-0.1, -0.05) is 16.8 Å². The SMILES string of the molecule is O=C(COc1ccc(Cl)cc1)N1CCc2c(noc2-c2ccc(F)cc2)C1. The van der Waals surface area contributed by atoms with Crippen molar-refractivity contribution in [2.45, 2.75) is 13.0 Å². The third-order valence-electron chi connectivity index (χ3n) is 4.48. The summed E-state index contributed by atoms with van der Waals surface area (Å²) in [6.45, 7) is 0.855. The van der Waals surface area contributed by atoms with Gasteiger partial charge >= 0.3 is 0 Å². The van der Waals surface area contributed by atoms with Crippen LogP contribution in [0, 0.1) is 5.82 Å². The van der Waals surface area contributed by atoms with E-state index in [4.69, 9.17) is 20.9 Å². The zero-order valence-corrected chi connectivity index (χ0v) is 15.1. The number of nitrogens with zero attached hydrogens (tertiary/aromatic N) is 2. The van der Waals surface area contributed by atoms with Crippen LogP contribution in [0.25, 0.3) is 11.3 Å². The summed E-state index contributed by atoms with van der Waals surface area (Å²) in [5, 5.41) is 4.71. The molecule has 4 rings (SSSR count). The van der Waals surface area contributed by atoms with Crippen molar-refractivity contribution >= 4 is 17.5 Å². The van der Waals surface area contributed by atoms with E-state index in [1.54, 1.807) is 41.3 Å². The van der Waals surface area contributed by atoms with Crippen molar-refractivity contribution in [3.63, 3.8) is 0 Å². The molecule has 0 radical (unpaired) electrons. The molecule has 3 aromatic rings. The summed E-state index contributed by atoms with van der Waals surface area (Å²) in [7, 11) is 0. The molecule has 7 heteroatoms. The Balaban J connectivity index is 1.42. The summed E-state index contributed by atoms with van der Waals surface area (Å²) in [5.74, 6) is 0.798. The second-order valence-corrected chi connectivity index (χ2v) is 6.69. The molecule has 27 heavy (non-hydrogen) atoms. The second kappa shape index (κ2) is 7.40. The van der Waals surface area contributed by atoms with Gasteiger partial charge < -0.3 is 14.2 Å². The molecule has 2 heterocycles. The van der Waals surface area contributed by atoms with Gasteiger partial charge in [0.15, 0.2) is 12.4 Å². The van der Waals surface area contributed by atoms with Crippen LogP contribution in [-0.4, -0.2) is 29.1 Å². The highest BCUT2D eigenvalue weighted by Crippen LogP contribution is 2.30. The van der Waals surface area contributed by atoms with Gasteiger partial charge in [-0.25, -0.2) is 4.39 Å². The Kier molecular flexibility index (Phi) is 4.81. The minimum atomic E-state index is -0.301. The van der Waals surface area contributed by atoms with E-state index in [1.165, 1.54) is 12.1 Å². The molecule has 1 aliphatic rings. The van der Waals surface area contributed by atoms with Crippen molar-refractivity contribution in [3.8, 4) is 17.1 Å². The van der Waals surface area contributed by atoms with Crippen LogP contribution < -0.4 is 4.74 Å². The maximum absolute atomic E-state index is 13.1. The molecule has 0 saturated carbocycles. The van der Waals surface area contributed by atoms with Crippen LogP contribution in [0.5, 0.6) is 5.75 Å². The van der Waals surface area contributed by atoms with Crippen LogP contribution in [-0.2, 0) is 17.8 Å². The first-order valence-electron chi connectivity index (χ1n) is 8.49. The number of hydrogen-bond donors (Lipinski definition) is 0. The van der Waals surface area contributed by atoms with Crippen LogP contribution in [0.2, 0.25) is 5.02 Å². The number of ether oxygens (including phenoxy) is 1. The average molecular weight is 387 g/mol. The number of carbonyl (C=O) groups is 1. The Morgan fingerprint density at radius 2 is 1.93 bits per heavy atom. The normalized spacial score (nSPS) is 13.3. The molecule has 0 spiro atoms. The standard InChI is InChI=1S/C20H16ClFN2O3/c21-14-3-7-16(8-4-14)26-12-19(25)24-10-9-17-18(11-24)23-27-20(17)13-1-5-15(22)6-2-13/h1-8H,9-12H2. The number of fused-ring (bicyclic) bond motifs is 1. The Hall–Kier alpha value is -2.86. The quantitative estimate of drug-likeness (QED) is 0.677. The number of carbonyl (C=O) groups excluding carboxylic acids is 1. The van der Waals surface area contributed by atoms with Gasteiger partial charge in [-0.2, -0.15) is 0 Å². The molecule has 0 fully saturated rings. The van der Waals surface area contributed by atoms with Crippen LogP contribution in [0.3, 0.4) is 0 Å². The maximum Gasteiger partial charge on any atom is 0.260 e. The van der Waals surface area contributed by atoms with Crippen LogP contribution in [0.15, 0.2) is 53.1 Å². The zero-order chi connectivity index (χ0) is 18.8. The first-order chi connectivity index (χ1) is 13.1. The predicted octanol–water partition coefficient (Wildman–Crippen LogP) is 4.10. The number of hydrogen-bond acceptors (Lipinski definition) is 4. The molecule has 2 aromatic carbocycles. The molecular formula is C20H16ClFN2O3. The fourth-order valence-electron chi connectivity index (χ4n) is 3.04. The monoisotopic (exact) mass is 386 g/mol. The molecule has 0 saturated heterocycles. The van der Waals surface area contributed by atoms with Gasteiger partial charge in [0, 0.05) is 22.7 Å². The van der Waals surface area contributed by atoms with Gasteiger partial charge in [-0.05, 0) is 55.0 Å². The lowest BCUT2D eigenvalue weighted by Crippen LogP contribution is -2.38. The van der Waals surface area contributed by atoms with E-state index in [-0.39, 0.29) is 18.3 Å². The van der Waals surface area contributed by atoms with Crippen molar-refractivity contribution in [3.05, 3.63) is 70.6 Å². The zero-order valence-electron chi connectivity index (χ0n) is 14.3. The number of halogens is 2. The molecule has 0 aliphatic carbocycles. The van der Waals surface area contributed by atoms with Gasteiger partial charge in [0.2, 0.25) is 0 Å². The van der Waals surface area contributed by atoms with E-state index in [9.17, 15) is 9.18 Å². The molecule has 1 amide bonds. The number of rotatable bonds is 4. The smallest absolute Gasteiger partial charge is 0.260 e. The number of benzene rings is 2. The van der Waals surface area contributed by atoms with E-state index in [2.05, 4.69) is 5.16 Å². The summed E-state index contributed by atoms with van der Waals surface area (Å²) >= 11 is 5.83. The first kappa shape index (κ1) is 17.5. The lowest BCUT2D eigenvalue weighted by molar-refractivity contribution is -0.134. The summed E-state index contributed by atoms with van der Waals surface area (Å²) < 4.78 is 24.1. The molecule has 5 nitrogen and oxygen atoms in total. The van der Waals surface area contributed by atoms with Gasteiger partial charge in [0.25, 0.3) is 5.91 Å².